The fraction of sp³-hybridized carbons (Fsp3) is 0.440. The molecule has 31 heavy (non-hydrogen) atoms. The summed E-state index contributed by atoms with van der Waals surface area (Å²) in [5.41, 5.74) is 4.56. The van der Waals surface area contributed by atoms with Gasteiger partial charge in [-0.15, -0.1) is 0 Å². The van der Waals surface area contributed by atoms with Crippen molar-refractivity contribution in [3.8, 4) is 0 Å². The molecule has 2 aromatic rings. The highest BCUT2D eigenvalue weighted by Crippen LogP contribution is 2.38. The Morgan fingerprint density at radius 1 is 1.00 bits per heavy atom. The maximum Gasteiger partial charge on any atom is 0.411 e. The van der Waals surface area contributed by atoms with Crippen LogP contribution >= 0.6 is 0 Å². The van der Waals surface area contributed by atoms with Crippen LogP contribution in [0.2, 0.25) is 0 Å². The Balaban J connectivity index is 2.04. The number of anilines is 3. The van der Waals surface area contributed by atoms with Gasteiger partial charge in [0, 0.05) is 17.8 Å². The minimum absolute atomic E-state index is 0.0197. The molecule has 1 aliphatic heterocycles. The molecule has 1 N–H and O–H groups in total. The Morgan fingerprint density at radius 3 is 2.29 bits per heavy atom. The van der Waals surface area contributed by atoms with Crippen LogP contribution in [0.3, 0.4) is 0 Å². The molecule has 0 aromatic heterocycles. The number of para-hydroxylation sites is 1. The Kier molecular flexibility index (Phi) is 7.33. The average molecular weight is 424 g/mol. The first kappa shape index (κ1) is 22.8. The predicted molar refractivity (Wildman–Crippen MR) is 125 cm³/mol. The second kappa shape index (κ2) is 9.96. The van der Waals surface area contributed by atoms with Gasteiger partial charge in [-0.1, -0.05) is 24.3 Å². The van der Waals surface area contributed by atoms with Crippen LogP contribution in [-0.2, 0) is 22.4 Å². The Hall–Kier alpha value is -2.86. The summed E-state index contributed by atoms with van der Waals surface area (Å²) in [5, 5.41) is 2.76. The summed E-state index contributed by atoms with van der Waals surface area (Å²) in [6.45, 7) is 10.8. The van der Waals surface area contributed by atoms with Crippen molar-refractivity contribution in [1.82, 2.24) is 4.90 Å². The van der Waals surface area contributed by atoms with Gasteiger partial charge in [-0.05, 0) is 76.8 Å². The molecule has 0 spiro atoms. The zero-order chi connectivity index (χ0) is 22.5. The molecular formula is C25H33N3O3. The first-order chi connectivity index (χ1) is 14.8. The quantitative estimate of drug-likeness (QED) is 0.699. The number of aryl methyl sites for hydroxylation is 2. The maximum atomic E-state index is 13.7. The molecule has 2 aromatic carbocycles. The summed E-state index contributed by atoms with van der Waals surface area (Å²) >= 11 is 0. The third kappa shape index (κ3) is 5.25. The van der Waals surface area contributed by atoms with Gasteiger partial charge in [0.05, 0.1) is 24.5 Å². The molecule has 0 bridgehead atoms. The molecule has 6 nitrogen and oxygen atoms in total. The molecule has 6 heteroatoms. The molecule has 0 saturated heterocycles. The number of ether oxygens (including phenoxy) is 1. The van der Waals surface area contributed by atoms with Crippen molar-refractivity contribution >= 4 is 29.1 Å². The molecule has 2 amide bonds. The number of carbonyl (C=O) groups excluding carboxylic acids is 2. The molecule has 0 unspecified atom stereocenters. The van der Waals surface area contributed by atoms with Crippen LogP contribution in [0.4, 0.5) is 21.9 Å². The van der Waals surface area contributed by atoms with Gasteiger partial charge in [0.2, 0.25) is 5.91 Å². The predicted octanol–water partition coefficient (Wildman–Crippen LogP) is 5.14. The van der Waals surface area contributed by atoms with E-state index in [9.17, 15) is 9.59 Å². The van der Waals surface area contributed by atoms with E-state index in [-0.39, 0.29) is 18.0 Å². The van der Waals surface area contributed by atoms with E-state index < -0.39 is 6.09 Å². The summed E-state index contributed by atoms with van der Waals surface area (Å²) < 4.78 is 5.01. The van der Waals surface area contributed by atoms with Crippen molar-refractivity contribution in [3.63, 3.8) is 0 Å². The molecule has 1 heterocycles. The summed E-state index contributed by atoms with van der Waals surface area (Å²) in [7, 11) is 0. The molecule has 166 valence electrons. The average Bonchev–Trinajstić information content (AvgIpc) is 2.88. The van der Waals surface area contributed by atoms with E-state index in [1.165, 1.54) is 0 Å². The van der Waals surface area contributed by atoms with Crippen molar-refractivity contribution in [1.29, 1.82) is 0 Å². The molecule has 3 rings (SSSR count). The number of nitrogens with zero attached hydrogens (tertiary/aromatic N) is 2. The number of hydrogen-bond acceptors (Lipinski definition) is 4. The van der Waals surface area contributed by atoms with Gasteiger partial charge in [0.15, 0.2) is 0 Å². The summed E-state index contributed by atoms with van der Waals surface area (Å²) in [4.78, 5) is 29.7. The lowest BCUT2D eigenvalue weighted by atomic mass is 10.0. The number of carbonyl (C=O) groups is 2. The van der Waals surface area contributed by atoms with E-state index in [1.54, 1.807) is 6.92 Å². The van der Waals surface area contributed by atoms with Crippen molar-refractivity contribution in [2.45, 2.75) is 59.5 Å². The fourth-order valence-electron chi connectivity index (χ4n) is 4.14. The van der Waals surface area contributed by atoms with E-state index in [4.69, 9.17) is 4.74 Å². The number of rotatable bonds is 6. The lowest BCUT2D eigenvalue weighted by molar-refractivity contribution is -0.120. The van der Waals surface area contributed by atoms with Gasteiger partial charge in [0.25, 0.3) is 0 Å². The van der Waals surface area contributed by atoms with Gasteiger partial charge in [0.1, 0.15) is 0 Å². The van der Waals surface area contributed by atoms with Crippen LogP contribution < -0.4 is 10.2 Å². The second-order valence-corrected chi connectivity index (χ2v) is 8.41. The molecule has 0 fully saturated rings. The monoisotopic (exact) mass is 423 g/mol. The highest BCUT2D eigenvalue weighted by molar-refractivity contribution is 6.04. The minimum atomic E-state index is -0.500. The van der Waals surface area contributed by atoms with Crippen LogP contribution in [0.25, 0.3) is 0 Å². The number of fused-ring (bicyclic) bond motifs is 2. The fourth-order valence-corrected chi connectivity index (χ4v) is 4.14. The first-order valence-electron chi connectivity index (χ1n) is 11.0. The zero-order valence-corrected chi connectivity index (χ0v) is 19.1. The smallest absolute Gasteiger partial charge is 0.411 e. The van der Waals surface area contributed by atoms with Gasteiger partial charge in [-0.25, -0.2) is 4.79 Å². The molecule has 0 atom stereocenters. The highest BCUT2D eigenvalue weighted by Gasteiger charge is 2.28. The molecular weight excluding hydrogens is 390 g/mol. The maximum absolute atomic E-state index is 13.7. The number of amides is 2. The van der Waals surface area contributed by atoms with Gasteiger partial charge >= 0.3 is 6.09 Å². The Labute approximate surface area is 185 Å². The van der Waals surface area contributed by atoms with Crippen LogP contribution in [0, 0.1) is 0 Å². The standard InChI is InChI=1S/C25H33N3O3/c1-6-31-25(30)26-21-14-13-20-12-11-19-9-7-8-10-22(19)28(23(20)15-21)24(29)16-27(17(2)3)18(4)5/h7-10,13-15,17-18H,6,11-12,16H2,1-5H3,(H,26,30). The van der Waals surface area contributed by atoms with E-state index in [1.807, 2.05) is 41.3 Å². The Bertz CT molecular complexity index is 931. The van der Waals surface area contributed by atoms with Crippen LogP contribution in [0.5, 0.6) is 0 Å². The normalized spacial score (nSPS) is 13.1. The third-order valence-corrected chi connectivity index (χ3v) is 5.64. The van der Waals surface area contributed by atoms with Gasteiger partial charge in [-0.3, -0.25) is 19.9 Å². The topological polar surface area (TPSA) is 61.9 Å². The van der Waals surface area contributed by atoms with Crippen LogP contribution in [-0.4, -0.2) is 42.1 Å². The molecule has 1 aliphatic rings. The van der Waals surface area contributed by atoms with Gasteiger partial charge < -0.3 is 4.74 Å². The number of benzene rings is 2. The summed E-state index contributed by atoms with van der Waals surface area (Å²) in [6, 6.07) is 14.3. The van der Waals surface area contributed by atoms with Crippen LogP contribution in [0.1, 0.15) is 45.7 Å². The summed E-state index contributed by atoms with van der Waals surface area (Å²) in [5.74, 6) is 0.0197. The minimum Gasteiger partial charge on any atom is -0.450 e. The number of nitrogens with one attached hydrogen (secondary N) is 1. The largest absolute Gasteiger partial charge is 0.450 e. The third-order valence-electron chi connectivity index (χ3n) is 5.64. The molecule has 0 saturated carbocycles. The van der Waals surface area contributed by atoms with Crippen molar-refractivity contribution in [2.24, 2.45) is 0 Å². The number of hydrogen-bond donors (Lipinski definition) is 1. The lowest BCUT2D eigenvalue weighted by Crippen LogP contribution is -2.45. The van der Waals surface area contributed by atoms with Crippen LogP contribution in [0.15, 0.2) is 42.5 Å². The van der Waals surface area contributed by atoms with Crippen molar-refractivity contribution in [3.05, 3.63) is 53.6 Å². The van der Waals surface area contributed by atoms with E-state index in [0.29, 0.717) is 18.8 Å². The summed E-state index contributed by atoms with van der Waals surface area (Å²) in [6.07, 6.45) is 1.18. The van der Waals surface area contributed by atoms with E-state index in [2.05, 4.69) is 44.0 Å². The zero-order valence-electron chi connectivity index (χ0n) is 19.1. The van der Waals surface area contributed by atoms with Gasteiger partial charge in [-0.2, -0.15) is 0 Å². The molecule has 0 aliphatic carbocycles. The SMILES string of the molecule is CCOC(=O)Nc1ccc2c(c1)N(C(=O)CN(C(C)C)C(C)C)c1ccccc1CC2. The van der Waals surface area contributed by atoms with E-state index in [0.717, 1.165) is 35.3 Å². The lowest BCUT2D eigenvalue weighted by Gasteiger charge is -2.33. The highest BCUT2D eigenvalue weighted by atomic mass is 16.5. The first-order valence-corrected chi connectivity index (χ1v) is 11.0. The Morgan fingerprint density at radius 2 is 1.65 bits per heavy atom. The second-order valence-electron chi connectivity index (χ2n) is 8.41. The van der Waals surface area contributed by atoms with E-state index >= 15 is 0 Å². The molecule has 0 radical (unpaired) electrons. The van der Waals surface area contributed by atoms with Crippen molar-refractivity contribution in [2.75, 3.05) is 23.4 Å². The van der Waals surface area contributed by atoms with Crippen molar-refractivity contribution < 1.29 is 14.3 Å².